The van der Waals surface area contributed by atoms with Gasteiger partial charge in [-0.2, -0.15) is 0 Å². The van der Waals surface area contributed by atoms with E-state index in [-0.39, 0.29) is 12.6 Å². The maximum absolute atomic E-state index is 10.3. The van der Waals surface area contributed by atoms with E-state index in [4.69, 9.17) is 16.7 Å². The van der Waals surface area contributed by atoms with Crippen LogP contribution < -0.4 is 5.32 Å². The Kier molecular flexibility index (Phi) is 4.59. The molecule has 1 atom stereocenters. The molecule has 0 radical (unpaired) electrons. The van der Waals surface area contributed by atoms with E-state index in [9.17, 15) is 4.79 Å². The highest BCUT2D eigenvalue weighted by Crippen LogP contribution is 2.10. The van der Waals surface area contributed by atoms with E-state index >= 15 is 0 Å². The third-order valence-corrected chi connectivity index (χ3v) is 2.31. The fourth-order valence-electron chi connectivity index (χ4n) is 1.31. The number of hydrogen-bond donors (Lipinski definition) is 2. The molecule has 0 fully saturated rings. The SMILES string of the molecule is CC(Cc1ccc(Cl)cc1)NCC(=O)O. The molecule has 1 aromatic carbocycles. The molecule has 15 heavy (non-hydrogen) atoms. The van der Waals surface area contributed by atoms with Crippen molar-refractivity contribution in [2.45, 2.75) is 19.4 Å². The molecule has 0 aromatic heterocycles. The average molecular weight is 228 g/mol. The Morgan fingerprint density at radius 1 is 1.47 bits per heavy atom. The number of carboxylic acids is 1. The van der Waals surface area contributed by atoms with Gasteiger partial charge in [0.15, 0.2) is 0 Å². The Labute approximate surface area is 94.1 Å². The van der Waals surface area contributed by atoms with E-state index in [1.807, 2.05) is 31.2 Å². The first-order chi connectivity index (χ1) is 7.08. The first-order valence-corrected chi connectivity index (χ1v) is 5.15. The van der Waals surface area contributed by atoms with Gasteiger partial charge in [0.25, 0.3) is 0 Å². The van der Waals surface area contributed by atoms with Crippen molar-refractivity contribution >= 4 is 17.6 Å². The lowest BCUT2D eigenvalue weighted by molar-refractivity contribution is -0.136. The van der Waals surface area contributed by atoms with Crippen LogP contribution in [0.1, 0.15) is 12.5 Å². The molecule has 0 aliphatic rings. The highest BCUT2D eigenvalue weighted by molar-refractivity contribution is 6.30. The van der Waals surface area contributed by atoms with Gasteiger partial charge in [-0.1, -0.05) is 23.7 Å². The largest absolute Gasteiger partial charge is 0.480 e. The second-order valence-corrected chi connectivity index (χ2v) is 3.94. The maximum atomic E-state index is 10.3. The smallest absolute Gasteiger partial charge is 0.317 e. The topological polar surface area (TPSA) is 49.3 Å². The minimum Gasteiger partial charge on any atom is -0.480 e. The molecule has 3 nitrogen and oxygen atoms in total. The first kappa shape index (κ1) is 12.0. The number of carboxylic acid groups (broad SMARTS) is 1. The Bertz CT molecular complexity index is 324. The number of hydrogen-bond acceptors (Lipinski definition) is 2. The molecule has 82 valence electrons. The summed E-state index contributed by atoms with van der Waals surface area (Å²) in [6, 6.07) is 7.70. The first-order valence-electron chi connectivity index (χ1n) is 4.77. The van der Waals surface area contributed by atoms with Crippen molar-refractivity contribution in [2.75, 3.05) is 6.54 Å². The van der Waals surface area contributed by atoms with E-state index < -0.39 is 5.97 Å². The quantitative estimate of drug-likeness (QED) is 0.809. The molecule has 0 amide bonds. The van der Waals surface area contributed by atoms with Crippen LogP contribution in [0.5, 0.6) is 0 Å². The molecule has 4 heteroatoms. The van der Waals surface area contributed by atoms with Crippen LogP contribution in [0.15, 0.2) is 24.3 Å². The van der Waals surface area contributed by atoms with Crippen LogP contribution in [0, 0.1) is 0 Å². The van der Waals surface area contributed by atoms with Gasteiger partial charge in [0, 0.05) is 11.1 Å². The van der Waals surface area contributed by atoms with Crippen LogP contribution in [-0.2, 0) is 11.2 Å². The van der Waals surface area contributed by atoms with Crippen LogP contribution in [0.4, 0.5) is 0 Å². The molecule has 0 bridgehead atoms. The second kappa shape index (κ2) is 5.73. The molecule has 0 aliphatic heterocycles. The summed E-state index contributed by atoms with van der Waals surface area (Å²) in [6.07, 6.45) is 0.796. The number of rotatable bonds is 5. The summed E-state index contributed by atoms with van der Waals surface area (Å²) in [6.45, 7) is 1.95. The van der Waals surface area contributed by atoms with Crippen LogP contribution in [0.25, 0.3) is 0 Å². The lowest BCUT2D eigenvalue weighted by Crippen LogP contribution is -2.32. The van der Waals surface area contributed by atoms with Crippen molar-refractivity contribution in [1.29, 1.82) is 0 Å². The fraction of sp³-hybridized carbons (Fsp3) is 0.364. The third-order valence-electron chi connectivity index (χ3n) is 2.06. The summed E-state index contributed by atoms with van der Waals surface area (Å²) in [4.78, 5) is 10.3. The minimum atomic E-state index is -0.835. The minimum absolute atomic E-state index is 0.00520. The van der Waals surface area contributed by atoms with Crippen LogP contribution in [0.3, 0.4) is 0 Å². The molecule has 0 saturated heterocycles. The Morgan fingerprint density at radius 3 is 2.60 bits per heavy atom. The zero-order valence-electron chi connectivity index (χ0n) is 8.53. The Balaban J connectivity index is 2.40. The average Bonchev–Trinajstić information content (AvgIpc) is 2.19. The molecule has 1 rings (SSSR count). The summed E-state index contributed by atoms with van der Waals surface area (Å²) < 4.78 is 0. The summed E-state index contributed by atoms with van der Waals surface area (Å²) in [5.74, 6) is -0.835. The molecule has 1 unspecified atom stereocenters. The highest BCUT2D eigenvalue weighted by Gasteiger charge is 2.04. The van der Waals surface area contributed by atoms with Gasteiger partial charge in [0.1, 0.15) is 0 Å². The second-order valence-electron chi connectivity index (χ2n) is 3.51. The van der Waals surface area contributed by atoms with E-state index in [2.05, 4.69) is 5.32 Å². The third kappa shape index (κ3) is 4.81. The normalized spacial score (nSPS) is 12.4. The van der Waals surface area contributed by atoms with Gasteiger partial charge < -0.3 is 10.4 Å². The van der Waals surface area contributed by atoms with Crippen molar-refractivity contribution in [1.82, 2.24) is 5.32 Å². The van der Waals surface area contributed by atoms with Crippen LogP contribution in [-0.4, -0.2) is 23.7 Å². The lowest BCUT2D eigenvalue weighted by atomic mass is 10.1. The van der Waals surface area contributed by atoms with Crippen molar-refractivity contribution in [2.24, 2.45) is 0 Å². The zero-order valence-corrected chi connectivity index (χ0v) is 9.29. The molecule has 2 N–H and O–H groups in total. The zero-order chi connectivity index (χ0) is 11.3. The summed E-state index contributed by atoms with van der Waals surface area (Å²) >= 11 is 5.76. The van der Waals surface area contributed by atoms with E-state index in [0.29, 0.717) is 5.02 Å². The standard InChI is InChI=1S/C11H14ClNO2/c1-8(13-7-11(14)15)6-9-2-4-10(12)5-3-9/h2-5,8,13H,6-7H2,1H3,(H,14,15). The fourth-order valence-corrected chi connectivity index (χ4v) is 1.43. The monoisotopic (exact) mass is 227 g/mol. The highest BCUT2D eigenvalue weighted by atomic mass is 35.5. The molecular weight excluding hydrogens is 214 g/mol. The summed E-state index contributed by atoms with van der Waals surface area (Å²) in [5, 5.41) is 12.1. The molecule has 0 aliphatic carbocycles. The lowest BCUT2D eigenvalue weighted by Gasteiger charge is -2.11. The van der Waals surface area contributed by atoms with Crippen molar-refractivity contribution in [3.8, 4) is 0 Å². The predicted molar refractivity (Wildman–Crippen MR) is 60.3 cm³/mol. The van der Waals surface area contributed by atoms with Gasteiger partial charge in [0.2, 0.25) is 0 Å². The number of aliphatic carboxylic acids is 1. The summed E-state index contributed by atoms with van der Waals surface area (Å²) in [7, 11) is 0. The number of benzene rings is 1. The predicted octanol–water partition coefficient (Wildman–Crippen LogP) is 1.95. The molecule has 0 heterocycles. The Morgan fingerprint density at radius 2 is 2.07 bits per heavy atom. The Hall–Kier alpha value is -1.06. The van der Waals surface area contributed by atoms with Crippen molar-refractivity contribution in [3.63, 3.8) is 0 Å². The van der Waals surface area contributed by atoms with Crippen LogP contribution >= 0.6 is 11.6 Å². The van der Waals surface area contributed by atoms with Gasteiger partial charge >= 0.3 is 5.97 Å². The van der Waals surface area contributed by atoms with Gasteiger partial charge in [-0.05, 0) is 31.0 Å². The number of carbonyl (C=O) groups is 1. The van der Waals surface area contributed by atoms with E-state index in [1.165, 1.54) is 0 Å². The van der Waals surface area contributed by atoms with E-state index in [0.717, 1.165) is 12.0 Å². The molecule has 0 spiro atoms. The van der Waals surface area contributed by atoms with Crippen molar-refractivity contribution in [3.05, 3.63) is 34.9 Å². The van der Waals surface area contributed by atoms with Crippen molar-refractivity contribution < 1.29 is 9.90 Å². The maximum Gasteiger partial charge on any atom is 0.317 e. The van der Waals surface area contributed by atoms with Gasteiger partial charge in [-0.15, -0.1) is 0 Å². The van der Waals surface area contributed by atoms with Gasteiger partial charge in [-0.25, -0.2) is 0 Å². The molecular formula is C11H14ClNO2. The number of nitrogens with one attached hydrogen (secondary N) is 1. The van der Waals surface area contributed by atoms with E-state index in [1.54, 1.807) is 0 Å². The summed E-state index contributed by atoms with van der Waals surface area (Å²) in [5.41, 5.74) is 1.14. The number of halogens is 1. The van der Waals surface area contributed by atoms with Gasteiger partial charge in [0.05, 0.1) is 6.54 Å². The van der Waals surface area contributed by atoms with Crippen LogP contribution in [0.2, 0.25) is 5.02 Å². The molecule has 0 saturated carbocycles. The van der Waals surface area contributed by atoms with Gasteiger partial charge in [-0.3, -0.25) is 4.79 Å². The molecule has 1 aromatic rings.